The van der Waals surface area contributed by atoms with Gasteiger partial charge in [-0.1, -0.05) is 35.2 Å². The lowest BCUT2D eigenvalue weighted by Gasteiger charge is -2.41. The lowest BCUT2D eigenvalue weighted by atomic mass is 9.79. The van der Waals surface area contributed by atoms with Gasteiger partial charge in [-0.25, -0.2) is 0 Å². The third kappa shape index (κ3) is 5.01. The number of halogens is 3. The Kier molecular flexibility index (Phi) is 9.39. The Morgan fingerprint density at radius 3 is 2.38 bits per heavy atom. The molecule has 3 nitrogen and oxygen atoms in total. The molecule has 1 heterocycles. The number of nitrogens with zero attached hydrogens (tertiary/aromatic N) is 1. The van der Waals surface area contributed by atoms with Crippen molar-refractivity contribution in [2.24, 2.45) is 5.92 Å². The number of aryl methyl sites for hydroxylation is 1. The lowest BCUT2D eigenvalue weighted by molar-refractivity contribution is 0.101. The average molecular weight is 440 g/mol. The average Bonchev–Trinajstić information content (AvgIpc) is 2.54. The zero-order valence-corrected chi connectivity index (χ0v) is 17.5. The van der Waals surface area contributed by atoms with Crippen LogP contribution >= 0.6 is 40.7 Å². The first kappa shape index (κ1) is 22.0. The van der Waals surface area contributed by atoms with Crippen molar-refractivity contribution in [3.63, 3.8) is 0 Å². The van der Waals surface area contributed by atoms with E-state index in [1.807, 2.05) is 13.0 Å². The number of rotatable bonds is 3. The van der Waals surface area contributed by atoms with Gasteiger partial charge in [0.15, 0.2) is 0 Å². The van der Waals surface area contributed by atoms with Gasteiger partial charge in [0.1, 0.15) is 5.75 Å². The normalized spacial score (nSPS) is 20.8. The van der Waals surface area contributed by atoms with E-state index < -0.39 is 0 Å². The SMILES string of the molecule is Cc1cc(Br)cc([C@@H](C2CCCCC2)N2CCNCC2)c1O.Cl.Cl. The number of phenolic OH excluding ortho intramolecular Hbond substituents is 1. The van der Waals surface area contributed by atoms with E-state index in [0.717, 1.165) is 41.8 Å². The highest BCUT2D eigenvalue weighted by Gasteiger charge is 2.33. The van der Waals surface area contributed by atoms with Crippen molar-refractivity contribution >= 4 is 40.7 Å². The molecule has 1 aliphatic carbocycles. The smallest absolute Gasteiger partial charge is 0.123 e. The van der Waals surface area contributed by atoms with Crippen molar-refractivity contribution < 1.29 is 5.11 Å². The number of benzene rings is 1. The van der Waals surface area contributed by atoms with Gasteiger partial charge in [-0.2, -0.15) is 0 Å². The maximum Gasteiger partial charge on any atom is 0.123 e. The first-order valence-corrected chi connectivity index (χ1v) is 9.40. The Balaban J connectivity index is 0.00000144. The van der Waals surface area contributed by atoms with Crippen molar-refractivity contribution in [3.8, 4) is 5.75 Å². The molecular formula is C18H29BrCl2N2O. The largest absolute Gasteiger partial charge is 0.507 e. The number of aromatic hydroxyl groups is 1. The summed E-state index contributed by atoms with van der Waals surface area (Å²) in [6.07, 6.45) is 6.62. The van der Waals surface area contributed by atoms with Crippen LogP contribution in [0.2, 0.25) is 0 Å². The highest BCUT2D eigenvalue weighted by molar-refractivity contribution is 9.10. The number of phenols is 1. The molecule has 0 bridgehead atoms. The van der Waals surface area contributed by atoms with Crippen molar-refractivity contribution in [3.05, 3.63) is 27.7 Å². The van der Waals surface area contributed by atoms with E-state index in [-0.39, 0.29) is 24.8 Å². The fourth-order valence-corrected chi connectivity index (χ4v) is 4.74. The van der Waals surface area contributed by atoms with Crippen molar-refractivity contribution in [2.45, 2.75) is 45.1 Å². The van der Waals surface area contributed by atoms with Gasteiger partial charge >= 0.3 is 0 Å². The molecule has 0 unspecified atom stereocenters. The topological polar surface area (TPSA) is 35.5 Å². The molecule has 2 aliphatic rings. The number of hydrogen-bond acceptors (Lipinski definition) is 3. The van der Waals surface area contributed by atoms with Gasteiger partial charge < -0.3 is 10.4 Å². The van der Waals surface area contributed by atoms with Crippen LogP contribution in [0.25, 0.3) is 0 Å². The van der Waals surface area contributed by atoms with Crippen LogP contribution in [0.15, 0.2) is 16.6 Å². The Morgan fingerprint density at radius 2 is 1.75 bits per heavy atom. The second-order valence-corrected chi connectivity index (χ2v) is 7.71. The molecule has 1 saturated carbocycles. The Labute approximate surface area is 166 Å². The summed E-state index contributed by atoms with van der Waals surface area (Å²) in [7, 11) is 0. The minimum absolute atomic E-state index is 0. The molecule has 6 heteroatoms. The van der Waals surface area contributed by atoms with Gasteiger partial charge in [-0.3, -0.25) is 4.90 Å². The number of piperazine rings is 1. The predicted octanol–water partition coefficient (Wildman–Crippen LogP) is 4.83. The zero-order chi connectivity index (χ0) is 15.5. The van der Waals surface area contributed by atoms with Gasteiger partial charge in [0.05, 0.1) is 0 Å². The second kappa shape index (κ2) is 10.2. The summed E-state index contributed by atoms with van der Waals surface area (Å²) in [5, 5.41) is 14.1. The highest BCUT2D eigenvalue weighted by Crippen LogP contribution is 2.43. The highest BCUT2D eigenvalue weighted by atomic mass is 79.9. The molecule has 24 heavy (non-hydrogen) atoms. The summed E-state index contributed by atoms with van der Waals surface area (Å²) in [6.45, 7) is 6.26. The van der Waals surface area contributed by atoms with E-state index in [9.17, 15) is 5.11 Å². The zero-order valence-electron chi connectivity index (χ0n) is 14.3. The first-order chi connectivity index (χ1) is 10.7. The van der Waals surface area contributed by atoms with Crippen LogP contribution in [-0.2, 0) is 0 Å². The minimum Gasteiger partial charge on any atom is -0.507 e. The van der Waals surface area contributed by atoms with Crippen LogP contribution in [0.4, 0.5) is 0 Å². The summed E-state index contributed by atoms with van der Waals surface area (Å²) in [5.74, 6) is 1.17. The van der Waals surface area contributed by atoms with Gasteiger partial charge in [-0.15, -0.1) is 24.8 Å². The van der Waals surface area contributed by atoms with Crippen LogP contribution in [-0.4, -0.2) is 36.2 Å². The molecule has 3 rings (SSSR count). The summed E-state index contributed by atoms with van der Waals surface area (Å²) >= 11 is 3.62. The molecule has 1 aliphatic heterocycles. The third-order valence-corrected chi connectivity index (χ3v) is 5.71. The molecule has 0 radical (unpaired) electrons. The number of hydrogen-bond donors (Lipinski definition) is 2. The molecule has 1 atom stereocenters. The number of nitrogens with one attached hydrogen (secondary N) is 1. The monoisotopic (exact) mass is 438 g/mol. The molecule has 1 saturated heterocycles. The van der Waals surface area contributed by atoms with Gasteiger partial charge in [0.2, 0.25) is 0 Å². The molecule has 0 aromatic heterocycles. The van der Waals surface area contributed by atoms with Crippen LogP contribution < -0.4 is 5.32 Å². The molecular weight excluding hydrogens is 411 g/mol. The van der Waals surface area contributed by atoms with Crippen molar-refractivity contribution in [1.82, 2.24) is 10.2 Å². The van der Waals surface area contributed by atoms with E-state index in [0.29, 0.717) is 17.7 Å². The van der Waals surface area contributed by atoms with E-state index >= 15 is 0 Å². The maximum absolute atomic E-state index is 10.7. The van der Waals surface area contributed by atoms with E-state index in [2.05, 4.69) is 32.2 Å². The summed E-state index contributed by atoms with van der Waals surface area (Å²) in [6, 6.07) is 4.51. The summed E-state index contributed by atoms with van der Waals surface area (Å²) < 4.78 is 1.08. The minimum atomic E-state index is 0. The van der Waals surface area contributed by atoms with Crippen LogP contribution in [0.5, 0.6) is 5.75 Å². The van der Waals surface area contributed by atoms with Crippen LogP contribution in [0, 0.1) is 12.8 Å². The third-order valence-electron chi connectivity index (χ3n) is 5.25. The molecule has 138 valence electrons. The fraction of sp³-hybridized carbons (Fsp3) is 0.667. The van der Waals surface area contributed by atoms with E-state index in [1.165, 1.54) is 32.1 Å². The summed E-state index contributed by atoms with van der Waals surface area (Å²) in [4.78, 5) is 2.59. The van der Waals surface area contributed by atoms with Crippen molar-refractivity contribution in [2.75, 3.05) is 26.2 Å². The van der Waals surface area contributed by atoms with Crippen molar-refractivity contribution in [1.29, 1.82) is 0 Å². The maximum atomic E-state index is 10.7. The first-order valence-electron chi connectivity index (χ1n) is 8.60. The van der Waals surface area contributed by atoms with E-state index in [4.69, 9.17) is 0 Å². The van der Waals surface area contributed by atoms with Crippen LogP contribution in [0.1, 0.15) is 49.3 Å². The molecule has 1 aromatic rings. The summed E-state index contributed by atoms with van der Waals surface area (Å²) in [5.41, 5.74) is 2.10. The Hall–Kier alpha value is -0.000000000000000111. The molecule has 1 aromatic carbocycles. The Bertz CT molecular complexity index is 500. The Morgan fingerprint density at radius 1 is 1.12 bits per heavy atom. The lowest BCUT2D eigenvalue weighted by Crippen LogP contribution is -2.47. The predicted molar refractivity (Wildman–Crippen MR) is 109 cm³/mol. The fourth-order valence-electron chi connectivity index (χ4n) is 4.15. The van der Waals surface area contributed by atoms with Crippen LogP contribution in [0.3, 0.4) is 0 Å². The molecule has 2 N–H and O–H groups in total. The second-order valence-electron chi connectivity index (χ2n) is 6.79. The van der Waals surface area contributed by atoms with E-state index in [1.54, 1.807) is 0 Å². The van der Waals surface area contributed by atoms with Gasteiger partial charge in [0.25, 0.3) is 0 Å². The quantitative estimate of drug-likeness (QED) is 0.707. The molecule has 2 fully saturated rings. The molecule has 0 spiro atoms. The van der Waals surface area contributed by atoms with Gasteiger partial charge in [-0.05, 0) is 43.4 Å². The van der Waals surface area contributed by atoms with Gasteiger partial charge in [0, 0.05) is 42.3 Å². The molecule has 0 amide bonds. The standard InChI is InChI=1S/C18H27BrN2O.2ClH/c1-13-11-15(19)12-16(18(13)22)17(14-5-3-2-4-6-14)21-9-7-20-8-10-21;;/h11-12,14,17,20,22H,2-10H2,1H3;2*1H/t17-;;/m1../s1.